The predicted octanol–water partition coefficient (Wildman–Crippen LogP) is 3.45. The van der Waals surface area contributed by atoms with Crippen LogP contribution in [0.15, 0.2) is 30.5 Å². The zero-order chi connectivity index (χ0) is 15.6. The fourth-order valence-electron chi connectivity index (χ4n) is 1.93. The Morgan fingerprint density at radius 3 is 2.62 bits per heavy atom. The summed E-state index contributed by atoms with van der Waals surface area (Å²) < 4.78 is 5.67. The van der Waals surface area contributed by atoms with Crippen molar-refractivity contribution in [2.24, 2.45) is 0 Å². The molecule has 0 saturated carbocycles. The lowest BCUT2D eigenvalue weighted by atomic mass is 10.1. The molecule has 0 fully saturated rings. The van der Waals surface area contributed by atoms with Gasteiger partial charge in [-0.15, -0.1) is 0 Å². The summed E-state index contributed by atoms with van der Waals surface area (Å²) >= 11 is 0. The Morgan fingerprint density at radius 1 is 1.29 bits per heavy atom. The highest BCUT2D eigenvalue weighted by Crippen LogP contribution is 2.31. The van der Waals surface area contributed by atoms with Gasteiger partial charge in [0.15, 0.2) is 0 Å². The molecule has 1 aromatic heterocycles. The molecule has 0 unspecified atom stereocenters. The molecule has 1 heterocycles. The standard InChI is InChI=1S/C15H16N2O4/c1-9-7-14(10(2)6-13(9)17(19)20)21-15-8-12(11(3)18)4-5-16-15/h4-8,11,18H,1-3H3/t11-/m0/s1. The molecule has 0 saturated heterocycles. The molecule has 0 aliphatic carbocycles. The predicted molar refractivity (Wildman–Crippen MR) is 77.5 cm³/mol. The van der Waals surface area contributed by atoms with Gasteiger partial charge >= 0.3 is 0 Å². The Bertz CT molecular complexity index is 683. The third-order valence-electron chi connectivity index (χ3n) is 3.15. The van der Waals surface area contributed by atoms with E-state index in [0.29, 0.717) is 28.3 Å². The number of hydrogen-bond donors (Lipinski definition) is 1. The van der Waals surface area contributed by atoms with Gasteiger partial charge in [0, 0.05) is 23.9 Å². The largest absolute Gasteiger partial charge is 0.439 e. The number of benzene rings is 1. The van der Waals surface area contributed by atoms with Gasteiger partial charge in [-0.1, -0.05) is 0 Å². The molecule has 0 aliphatic rings. The number of nitro groups is 1. The van der Waals surface area contributed by atoms with E-state index in [1.807, 2.05) is 0 Å². The molecule has 21 heavy (non-hydrogen) atoms. The SMILES string of the molecule is Cc1cc([N+](=O)[O-])c(C)cc1Oc1cc([C@H](C)O)ccn1. The van der Waals surface area contributed by atoms with Crippen molar-refractivity contribution >= 4 is 5.69 Å². The van der Waals surface area contributed by atoms with Gasteiger partial charge in [-0.05, 0) is 44.0 Å². The molecular formula is C15H16N2O4. The van der Waals surface area contributed by atoms with Gasteiger partial charge in [-0.25, -0.2) is 4.98 Å². The summed E-state index contributed by atoms with van der Waals surface area (Å²) in [6, 6.07) is 6.43. The zero-order valence-electron chi connectivity index (χ0n) is 12.0. The summed E-state index contributed by atoms with van der Waals surface area (Å²) in [5.41, 5.74) is 1.92. The molecule has 2 rings (SSSR count). The number of ether oxygens (including phenoxy) is 1. The molecule has 2 aromatic rings. The lowest BCUT2D eigenvalue weighted by Gasteiger charge is -2.11. The summed E-state index contributed by atoms with van der Waals surface area (Å²) in [6.45, 7) is 5.05. The van der Waals surface area contributed by atoms with Crippen LogP contribution in [0.1, 0.15) is 29.7 Å². The van der Waals surface area contributed by atoms with Crippen LogP contribution in [0, 0.1) is 24.0 Å². The number of rotatable bonds is 4. The number of aliphatic hydroxyl groups is 1. The van der Waals surface area contributed by atoms with Gasteiger partial charge in [0.1, 0.15) is 5.75 Å². The second-order valence-electron chi connectivity index (χ2n) is 4.87. The van der Waals surface area contributed by atoms with Gasteiger partial charge in [0.2, 0.25) is 5.88 Å². The third kappa shape index (κ3) is 3.35. The Balaban J connectivity index is 2.34. The van der Waals surface area contributed by atoms with E-state index in [1.54, 1.807) is 45.2 Å². The monoisotopic (exact) mass is 288 g/mol. The highest BCUT2D eigenvalue weighted by atomic mass is 16.6. The number of pyridine rings is 1. The van der Waals surface area contributed by atoms with Crippen LogP contribution in [0.5, 0.6) is 11.6 Å². The van der Waals surface area contributed by atoms with Crippen LogP contribution in [-0.2, 0) is 0 Å². The fraction of sp³-hybridized carbons (Fsp3) is 0.267. The first-order chi connectivity index (χ1) is 9.88. The van der Waals surface area contributed by atoms with E-state index in [2.05, 4.69) is 4.98 Å². The van der Waals surface area contributed by atoms with E-state index >= 15 is 0 Å². The van der Waals surface area contributed by atoms with Crippen molar-refractivity contribution in [3.8, 4) is 11.6 Å². The lowest BCUT2D eigenvalue weighted by molar-refractivity contribution is -0.385. The molecule has 6 heteroatoms. The average Bonchev–Trinajstić information content (AvgIpc) is 2.42. The van der Waals surface area contributed by atoms with Crippen LogP contribution in [0.3, 0.4) is 0 Å². The van der Waals surface area contributed by atoms with Crippen molar-refractivity contribution in [3.05, 3.63) is 57.3 Å². The lowest BCUT2D eigenvalue weighted by Crippen LogP contribution is -1.97. The molecule has 1 N–H and O–H groups in total. The minimum absolute atomic E-state index is 0.0607. The first-order valence-electron chi connectivity index (χ1n) is 6.46. The van der Waals surface area contributed by atoms with E-state index < -0.39 is 11.0 Å². The maximum absolute atomic E-state index is 10.9. The quantitative estimate of drug-likeness (QED) is 0.688. The first-order valence-corrected chi connectivity index (χ1v) is 6.46. The molecule has 0 amide bonds. The molecular weight excluding hydrogens is 272 g/mol. The zero-order valence-corrected chi connectivity index (χ0v) is 12.0. The summed E-state index contributed by atoms with van der Waals surface area (Å²) in [6.07, 6.45) is 0.931. The Kier molecular flexibility index (Phi) is 4.18. The minimum Gasteiger partial charge on any atom is -0.439 e. The number of nitro benzene ring substituents is 1. The van der Waals surface area contributed by atoms with Crippen molar-refractivity contribution < 1.29 is 14.8 Å². The summed E-state index contributed by atoms with van der Waals surface area (Å²) in [4.78, 5) is 14.5. The fourth-order valence-corrected chi connectivity index (χ4v) is 1.93. The van der Waals surface area contributed by atoms with Crippen LogP contribution in [-0.4, -0.2) is 15.0 Å². The van der Waals surface area contributed by atoms with Crippen LogP contribution < -0.4 is 4.74 Å². The molecule has 1 atom stereocenters. The maximum Gasteiger partial charge on any atom is 0.272 e. The normalized spacial score (nSPS) is 12.0. The summed E-state index contributed by atoms with van der Waals surface area (Å²) in [5, 5.41) is 20.4. The number of hydrogen-bond acceptors (Lipinski definition) is 5. The van der Waals surface area contributed by atoms with E-state index in [9.17, 15) is 15.2 Å². The topological polar surface area (TPSA) is 85.5 Å². The van der Waals surface area contributed by atoms with E-state index in [0.717, 1.165) is 0 Å². The summed E-state index contributed by atoms with van der Waals surface area (Å²) in [5.74, 6) is 0.845. The van der Waals surface area contributed by atoms with Crippen molar-refractivity contribution in [2.45, 2.75) is 26.9 Å². The van der Waals surface area contributed by atoms with Crippen LogP contribution in [0.4, 0.5) is 5.69 Å². The second kappa shape index (κ2) is 5.88. The summed E-state index contributed by atoms with van der Waals surface area (Å²) in [7, 11) is 0. The van der Waals surface area contributed by atoms with Crippen molar-refractivity contribution in [2.75, 3.05) is 0 Å². The van der Waals surface area contributed by atoms with Crippen LogP contribution >= 0.6 is 0 Å². The molecule has 0 bridgehead atoms. The molecule has 0 radical (unpaired) electrons. The number of aryl methyl sites for hydroxylation is 2. The van der Waals surface area contributed by atoms with Crippen molar-refractivity contribution in [1.29, 1.82) is 0 Å². The molecule has 6 nitrogen and oxygen atoms in total. The molecule has 0 aliphatic heterocycles. The Labute approximate surface area is 122 Å². The van der Waals surface area contributed by atoms with Gasteiger partial charge in [-0.2, -0.15) is 0 Å². The van der Waals surface area contributed by atoms with Crippen molar-refractivity contribution in [1.82, 2.24) is 4.98 Å². The van der Waals surface area contributed by atoms with Gasteiger partial charge in [-0.3, -0.25) is 10.1 Å². The van der Waals surface area contributed by atoms with Gasteiger partial charge in [0.05, 0.1) is 11.0 Å². The second-order valence-corrected chi connectivity index (χ2v) is 4.87. The molecule has 110 valence electrons. The molecule has 0 spiro atoms. The Morgan fingerprint density at radius 2 is 2.00 bits per heavy atom. The first kappa shape index (κ1) is 14.9. The minimum atomic E-state index is -0.616. The van der Waals surface area contributed by atoms with Crippen LogP contribution in [0.25, 0.3) is 0 Å². The highest BCUT2D eigenvalue weighted by molar-refractivity contribution is 5.50. The Hall–Kier alpha value is -2.47. The van der Waals surface area contributed by atoms with E-state index in [4.69, 9.17) is 4.74 Å². The maximum atomic E-state index is 10.9. The molecule has 1 aromatic carbocycles. The number of aromatic nitrogens is 1. The van der Waals surface area contributed by atoms with Crippen molar-refractivity contribution in [3.63, 3.8) is 0 Å². The smallest absolute Gasteiger partial charge is 0.272 e. The number of nitrogens with zero attached hydrogens (tertiary/aromatic N) is 2. The van der Waals surface area contributed by atoms with Crippen LogP contribution in [0.2, 0.25) is 0 Å². The van der Waals surface area contributed by atoms with E-state index in [-0.39, 0.29) is 5.69 Å². The van der Waals surface area contributed by atoms with Gasteiger partial charge < -0.3 is 9.84 Å². The van der Waals surface area contributed by atoms with E-state index in [1.165, 1.54) is 6.07 Å². The number of aliphatic hydroxyl groups excluding tert-OH is 1. The average molecular weight is 288 g/mol. The van der Waals surface area contributed by atoms with Gasteiger partial charge in [0.25, 0.3) is 5.69 Å². The third-order valence-corrected chi connectivity index (χ3v) is 3.15. The highest BCUT2D eigenvalue weighted by Gasteiger charge is 2.15.